The third-order valence-electron chi connectivity index (χ3n) is 6.08. The number of fused-ring (bicyclic) bond motifs is 3. The molecule has 2 aromatic heterocycles. The molecule has 2 N–H and O–H groups in total. The minimum atomic E-state index is -1.23. The number of pyridine rings is 1. The quantitative estimate of drug-likeness (QED) is 0.590. The summed E-state index contributed by atoms with van der Waals surface area (Å²) in [5.41, 5.74) is 2.28. The van der Waals surface area contributed by atoms with Crippen LogP contribution in [0.3, 0.4) is 0 Å². The van der Waals surface area contributed by atoms with E-state index in [1.807, 2.05) is 16.7 Å². The van der Waals surface area contributed by atoms with E-state index in [9.17, 15) is 14.7 Å². The number of carboxylic acid groups (broad SMARTS) is 1. The maximum absolute atomic E-state index is 12.6. The van der Waals surface area contributed by atoms with Gasteiger partial charge in [0, 0.05) is 37.0 Å². The number of aryl methyl sites for hydroxylation is 1. The van der Waals surface area contributed by atoms with Crippen molar-refractivity contribution in [1.82, 2.24) is 19.3 Å². The highest BCUT2D eigenvalue weighted by molar-refractivity contribution is 5.88. The first-order valence-corrected chi connectivity index (χ1v) is 10.9. The predicted octanol–water partition coefficient (Wildman–Crippen LogP) is 3.01. The fourth-order valence-electron chi connectivity index (χ4n) is 4.35. The molecule has 3 heterocycles. The normalized spacial score (nSPS) is 15.1. The number of ether oxygens (including phenoxy) is 1. The lowest BCUT2D eigenvalue weighted by Gasteiger charge is -2.39. The predicted molar refractivity (Wildman–Crippen MR) is 123 cm³/mol. The molecule has 1 atom stereocenters. The lowest BCUT2D eigenvalue weighted by Crippen LogP contribution is -2.32. The smallest absolute Gasteiger partial charge is 0.341 e. The summed E-state index contributed by atoms with van der Waals surface area (Å²) >= 11 is 0. The van der Waals surface area contributed by atoms with Gasteiger partial charge in [0.05, 0.1) is 18.4 Å². The third kappa shape index (κ3) is 4.16. The highest BCUT2D eigenvalue weighted by atomic mass is 16.5. The fraction of sp³-hybridized carbons (Fsp3) is 0.417. The summed E-state index contributed by atoms with van der Waals surface area (Å²) in [5, 5.41) is 23.1. The molecule has 3 aromatic rings. The summed E-state index contributed by atoms with van der Waals surface area (Å²) in [6.07, 6.45) is 4.32. The molecule has 0 saturated heterocycles. The maximum atomic E-state index is 12.6. The van der Waals surface area contributed by atoms with Gasteiger partial charge in [-0.15, -0.1) is 0 Å². The first-order valence-electron chi connectivity index (χ1n) is 10.9. The average Bonchev–Trinajstić information content (AvgIpc) is 3.23. The minimum absolute atomic E-state index is 0.0602. The molecule has 0 amide bonds. The van der Waals surface area contributed by atoms with Gasteiger partial charge in [-0.1, -0.05) is 20.8 Å². The summed E-state index contributed by atoms with van der Waals surface area (Å²) in [5.74, 6) is -0.155. The van der Waals surface area contributed by atoms with Crippen LogP contribution < -0.4 is 10.2 Å². The van der Waals surface area contributed by atoms with Gasteiger partial charge in [0.25, 0.3) is 0 Å². The highest BCUT2D eigenvalue weighted by Gasteiger charge is 2.34. The van der Waals surface area contributed by atoms with Crippen molar-refractivity contribution in [3.8, 4) is 28.4 Å². The zero-order chi connectivity index (χ0) is 23.9. The number of aliphatic hydroxyl groups is 1. The summed E-state index contributed by atoms with van der Waals surface area (Å²) < 4.78 is 9.24. The van der Waals surface area contributed by atoms with Gasteiger partial charge in [-0.25, -0.2) is 9.78 Å². The van der Waals surface area contributed by atoms with Crippen LogP contribution in [0.4, 0.5) is 0 Å². The van der Waals surface area contributed by atoms with E-state index in [1.54, 1.807) is 18.1 Å². The average molecular weight is 453 g/mol. The first kappa shape index (κ1) is 22.7. The molecule has 1 aromatic carbocycles. The highest BCUT2D eigenvalue weighted by Crippen LogP contribution is 2.45. The van der Waals surface area contributed by atoms with Gasteiger partial charge in [0.2, 0.25) is 0 Å². The van der Waals surface area contributed by atoms with Crippen molar-refractivity contribution in [3.05, 3.63) is 52.1 Å². The van der Waals surface area contributed by atoms with Crippen molar-refractivity contribution in [2.75, 3.05) is 13.7 Å². The Morgan fingerprint density at radius 3 is 2.64 bits per heavy atom. The van der Waals surface area contributed by atoms with E-state index < -0.39 is 11.4 Å². The van der Waals surface area contributed by atoms with Crippen LogP contribution in [-0.4, -0.2) is 49.2 Å². The second-order valence-electron chi connectivity index (χ2n) is 9.35. The summed E-state index contributed by atoms with van der Waals surface area (Å²) in [7, 11) is 1.56. The summed E-state index contributed by atoms with van der Waals surface area (Å²) in [6.45, 7) is 6.93. The van der Waals surface area contributed by atoms with Gasteiger partial charge in [-0.2, -0.15) is 5.10 Å². The lowest BCUT2D eigenvalue weighted by molar-refractivity contribution is 0.0693. The molecule has 0 spiro atoms. The van der Waals surface area contributed by atoms with E-state index in [4.69, 9.17) is 9.84 Å². The molecule has 1 unspecified atom stereocenters. The molecule has 0 saturated carbocycles. The molecule has 1 aliphatic rings. The number of carboxylic acids is 1. The molecule has 9 heteroatoms. The number of nitrogens with zero attached hydrogens (tertiary/aromatic N) is 4. The van der Waals surface area contributed by atoms with E-state index in [0.717, 1.165) is 16.7 Å². The van der Waals surface area contributed by atoms with Gasteiger partial charge in [0.15, 0.2) is 11.3 Å². The molecule has 0 aliphatic carbocycles. The molecular formula is C24H28N4O5. The number of rotatable bonds is 6. The van der Waals surface area contributed by atoms with Crippen LogP contribution in [0.15, 0.2) is 35.5 Å². The number of hydrogen-bond acceptors (Lipinski definition) is 6. The zero-order valence-corrected chi connectivity index (χ0v) is 19.2. The molecule has 0 bridgehead atoms. The number of aromatic carboxylic acids is 1. The SMILES string of the molecule is COc1cc2c(cc1-c1ncn(CCCO)n1)CC(C(C)(C)C)n1cc(C(=O)O)c(=O)cc1-2. The van der Waals surface area contributed by atoms with Crippen molar-refractivity contribution in [2.24, 2.45) is 5.41 Å². The van der Waals surface area contributed by atoms with Crippen LogP contribution in [0.5, 0.6) is 5.75 Å². The monoisotopic (exact) mass is 452 g/mol. The summed E-state index contributed by atoms with van der Waals surface area (Å²) in [6, 6.07) is 5.21. The van der Waals surface area contributed by atoms with Crippen LogP contribution in [0.25, 0.3) is 22.6 Å². The molecule has 174 valence electrons. The zero-order valence-electron chi connectivity index (χ0n) is 19.2. The van der Waals surface area contributed by atoms with E-state index in [-0.39, 0.29) is 23.6 Å². The molecule has 33 heavy (non-hydrogen) atoms. The van der Waals surface area contributed by atoms with Crippen molar-refractivity contribution in [2.45, 2.75) is 46.2 Å². The molecule has 0 fully saturated rings. The number of aromatic nitrogens is 4. The molecule has 1 aliphatic heterocycles. The molecule has 4 rings (SSSR count). The van der Waals surface area contributed by atoms with Crippen LogP contribution in [0.2, 0.25) is 0 Å². The van der Waals surface area contributed by atoms with Crippen molar-refractivity contribution in [3.63, 3.8) is 0 Å². The summed E-state index contributed by atoms with van der Waals surface area (Å²) in [4.78, 5) is 28.6. The minimum Gasteiger partial charge on any atom is -0.496 e. The Hall–Kier alpha value is -3.46. The second kappa shape index (κ2) is 8.47. The van der Waals surface area contributed by atoms with Crippen LogP contribution >= 0.6 is 0 Å². The number of benzene rings is 1. The van der Waals surface area contributed by atoms with E-state index in [0.29, 0.717) is 36.7 Å². The van der Waals surface area contributed by atoms with Crippen molar-refractivity contribution in [1.29, 1.82) is 0 Å². The first-order chi connectivity index (χ1) is 15.6. The van der Waals surface area contributed by atoms with Crippen LogP contribution in [0, 0.1) is 5.41 Å². The Bertz CT molecular complexity index is 1270. The number of aliphatic hydroxyl groups excluding tert-OH is 1. The van der Waals surface area contributed by atoms with Gasteiger partial charge in [-0.3, -0.25) is 9.48 Å². The van der Waals surface area contributed by atoms with E-state index in [1.165, 1.54) is 12.3 Å². The Kier molecular flexibility index (Phi) is 5.84. The van der Waals surface area contributed by atoms with Gasteiger partial charge in [-0.05, 0) is 36.0 Å². The van der Waals surface area contributed by atoms with Gasteiger partial charge in [0.1, 0.15) is 17.6 Å². The Morgan fingerprint density at radius 2 is 2.00 bits per heavy atom. The van der Waals surface area contributed by atoms with Crippen molar-refractivity contribution >= 4 is 5.97 Å². The lowest BCUT2D eigenvalue weighted by atomic mass is 9.78. The van der Waals surface area contributed by atoms with Gasteiger partial charge < -0.3 is 19.5 Å². The fourth-order valence-corrected chi connectivity index (χ4v) is 4.35. The number of hydrogen-bond donors (Lipinski definition) is 2. The van der Waals surface area contributed by atoms with E-state index >= 15 is 0 Å². The topological polar surface area (TPSA) is 119 Å². The largest absolute Gasteiger partial charge is 0.496 e. The Labute approximate surface area is 191 Å². The van der Waals surface area contributed by atoms with Gasteiger partial charge >= 0.3 is 5.97 Å². The molecule has 9 nitrogen and oxygen atoms in total. The Morgan fingerprint density at radius 1 is 1.24 bits per heavy atom. The van der Waals surface area contributed by atoms with E-state index in [2.05, 4.69) is 30.9 Å². The second-order valence-corrected chi connectivity index (χ2v) is 9.35. The Balaban J connectivity index is 1.90. The van der Waals surface area contributed by atoms with Crippen LogP contribution in [0.1, 0.15) is 49.2 Å². The maximum Gasteiger partial charge on any atom is 0.341 e. The number of methoxy groups -OCH3 is 1. The number of carbonyl (C=O) groups is 1. The van der Waals surface area contributed by atoms with Crippen molar-refractivity contribution < 1.29 is 19.7 Å². The standard InChI is InChI=1S/C24H28N4O5/c1-24(2,3)21-9-14-8-16(22-25-13-27(26-22)6-5-7-29)20(33-4)10-15(14)18-11-19(30)17(23(31)32)12-28(18)21/h8,10-13,21,29H,5-7,9H2,1-4H3,(H,31,32). The molecular weight excluding hydrogens is 424 g/mol. The third-order valence-corrected chi connectivity index (χ3v) is 6.08. The van der Waals surface area contributed by atoms with Crippen LogP contribution in [-0.2, 0) is 13.0 Å². The molecule has 0 radical (unpaired) electrons.